The Hall–Kier alpha value is -0.680. The van der Waals surface area contributed by atoms with E-state index in [1.54, 1.807) is 6.20 Å². The lowest BCUT2D eigenvalue weighted by Gasteiger charge is -2.22. The molecule has 0 aliphatic carbocycles. The maximum atomic E-state index is 12.4. The van der Waals surface area contributed by atoms with Gasteiger partial charge in [-0.2, -0.15) is 5.10 Å². The van der Waals surface area contributed by atoms with E-state index in [1.165, 1.54) is 6.42 Å². The van der Waals surface area contributed by atoms with Gasteiger partial charge in [-0.25, -0.2) is 0 Å². The number of hydrogen-bond acceptors (Lipinski definition) is 3. The van der Waals surface area contributed by atoms with Gasteiger partial charge in [-0.05, 0) is 61.6 Å². The highest BCUT2D eigenvalue weighted by molar-refractivity contribution is 9.10. The summed E-state index contributed by atoms with van der Waals surface area (Å²) in [5, 5.41) is 7.61. The van der Waals surface area contributed by atoms with E-state index in [4.69, 9.17) is 0 Å². The van der Waals surface area contributed by atoms with Crippen LogP contribution in [0.5, 0.6) is 0 Å². The molecule has 100 valence electrons. The van der Waals surface area contributed by atoms with E-state index in [9.17, 15) is 4.79 Å². The molecule has 2 heterocycles. The summed E-state index contributed by atoms with van der Waals surface area (Å²) in [5.41, 5.74) is 0.718. The largest absolute Gasteiger partial charge is 0.316 e. The quantitative estimate of drug-likeness (QED) is 0.869. The molecule has 18 heavy (non-hydrogen) atoms. The predicted molar refractivity (Wildman–Crippen MR) is 74.9 cm³/mol. The number of carbonyl (C=O) groups is 1. The average molecular weight is 314 g/mol. The predicted octanol–water partition coefficient (Wildman–Crippen LogP) is 2.80. The van der Waals surface area contributed by atoms with Gasteiger partial charge in [-0.15, -0.1) is 0 Å². The molecule has 1 unspecified atom stereocenters. The summed E-state index contributed by atoms with van der Waals surface area (Å²) < 4.78 is 2.62. The Kier molecular flexibility index (Phi) is 4.56. The van der Waals surface area contributed by atoms with Crippen molar-refractivity contribution in [2.75, 3.05) is 13.1 Å². The van der Waals surface area contributed by atoms with Gasteiger partial charge in [0.15, 0.2) is 5.78 Å². The van der Waals surface area contributed by atoms with Crippen LogP contribution in [0.1, 0.15) is 49.6 Å². The fourth-order valence-electron chi connectivity index (χ4n) is 2.45. The zero-order chi connectivity index (χ0) is 13.1. The smallest absolute Gasteiger partial charge is 0.182 e. The van der Waals surface area contributed by atoms with E-state index in [2.05, 4.69) is 26.3 Å². The molecule has 1 atom stereocenters. The van der Waals surface area contributed by atoms with Gasteiger partial charge in [0.05, 0.1) is 10.7 Å². The molecule has 2 rings (SSSR count). The number of Topliss-reactive ketones (excluding diaryl/α,β-unsaturated/α-hetero) is 1. The number of hydrogen-bond donors (Lipinski definition) is 1. The molecule has 0 radical (unpaired) electrons. The SMILES string of the molecule is CC(C)n1ncc(Br)c1C(=O)CC1CCCNC1. The van der Waals surface area contributed by atoms with E-state index in [0.717, 1.165) is 29.7 Å². The first kappa shape index (κ1) is 13.7. The maximum Gasteiger partial charge on any atom is 0.182 e. The topological polar surface area (TPSA) is 46.9 Å². The van der Waals surface area contributed by atoms with E-state index >= 15 is 0 Å². The Morgan fingerprint density at radius 1 is 1.67 bits per heavy atom. The number of carbonyl (C=O) groups excluding carboxylic acids is 1. The summed E-state index contributed by atoms with van der Waals surface area (Å²) in [7, 11) is 0. The van der Waals surface area contributed by atoms with E-state index in [-0.39, 0.29) is 11.8 Å². The average Bonchev–Trinajstić information content (AvgIpc) is 2.72. The fourth-order valence-corrected chi connectivity index (χ4v) is 2.95. The van der Waals surface area contributed by atoms with Crippen molar-refractivity contribution in [2.24, 2.45) is 5.92 Å². The van der Waals surface area contributed by atoms with Gasteiger partial charge in [-0.3, -0.25) is 9.48 Å². The van der Waals surface area contributed by atoms with Crippen molar-refractivity contribution in [2.45, 2.75) is 39.2 Å². The zero-order valence-electron chi connectivity index (χ0n) is 10.9. The lowest BCUT2D eigenvalue weighted by atomic mass is 9.93. The van der Waals surface area contributed by atoms with Crippen LogP contribution in [-0.2, 0) is 0 Å². The summed E-state index contributed by atoms with van der Waals surface area (Å²) in [4.78, 5) is 12.4. The minimum atomic E-state index is 0.196. The van der Waals surface area contributed by atoms with Crippen LogP contribution in [0.4, 0.5) is 0 Å². The Morgan fingerprint density at radius 3 is 3.06 bits per heavy atom. The van der Waals surface area contributed by atoms with Crippen LogP contribution in [0.25, 0.3) is 0 Å². The molecule has 5 heteroatoms. The lowest BCUT2D eigenvalue weighted by molar-refractivity contribution is 0.0940. The number of halogens is 1. The highest BCUT2D eigenvalue weighted by atomic mass is 79.9. The molecule has 1 aliphatic heterocycles. The second kappa shape index (κ2) is 5.97. The van der Waals surface area contributed by atoms with Crippen LogP contribution in [0.2, 0.25) is 0 Å². The summed E-state index contributed by atoms with van der Waals surface area (Å²) in [6.45, 7) is 6.12. The van der Waals surface area contributed by atoms with Crippen LogP contribution >= 0.6 is 15.9 Å². The molecular formula is C13H20BrN3O. The number of rotatable bonds is 4. The first-order valence-corrected chi connectivity index (χ1v) is 7.35. The van der Waals surface area contributed by atoms with E-state index in [0.29, 0.717) is 12.3 Å². The molecule has 1 fully saturated rings. The summed E-state index contributed by atoms with van der Waals surface area (Å²) in [6.07, 6.45) is 4.64. The molecular weight excluding hydrogens is 294 g/mol. The van der Waals surface area contributed by atoms with Crippen molar-refractivity contribution in [3.05, 3.63) is 16.4 Å². The van der Waals surface area contributed by atoms with E-state index < -0.39 is 0 Å². The van der Waals surface area contributed by atoms with Crippen molar-refractivity contribution in [3.63, 3.8) is 0 Å². The number of piperidine rings is 1. The normalized spacial score (nSPS) is 20.3. The molecule has 0 bridgehead atoms. The third kappa shape index (κ3) is 3.01. The summed E-state index contributed by atoms with van der Waals surface area (Å²) in [6, 6.07) is 0.208. The van der Waals surface area contributed by atoms with Crippen molar-refractivity contribution in [1.29, 1.82) is 0 Å². The molecule has 0 aromatic carbocycles. The van der Waals surface area contributed by atoms with Gasteiger partial charge in [0.1, 0.15) is 5.69 Å². The van der Waals surface area contributed by atoms with Gasteiger partial charge in [-0.1, -0.05) is 0 Å². The molecule has 1 aromatic heterocycles. The molecule has 4 nitrogen and oxygen atoms in total. The minimum absolute atomic E-state index is 0.196. The molecule has 1 aromatic rings. The van der Waals surface area contributed by atoms with Crippen molar-refractivity contribution in [1.82, 2.24) is 15.1 Å². The first-order chi connectivity index (χ1) is 8.59. The standard InChI is InChI=1S/C13H20BrN3O/c1-9(2)17-13(11(14)8-16-17)12(18)6-10-4-3-5-15-7-10/h8-10,15H,3-7H2,1-2H3. The van der Waals surface area contributed by atoms with Gasteiger partial charge in [0.2, 0.25) is 0 Å². The van der Waals surface area contributed by atoms with E-state index in [1.807, 2.05) is 18.5 Å². The number of nitrogens with one attached hydrogen (secondary N) is 1. The Morgan fingerprint density at radius 2 is 2.44 bits per heavy atom. The second-order valence-corrected chi connectivity index (χ2v) is 6.07. The van der Waals surface area contributed by atoms with Gasteiger partial charge >= 0.3 is 0 Å². The van der Waals surface area contributed by atoms with Crippen LogP contribution in [0.3, 0.4) is 0 Å². The van der Waals surface area contributed by atoms with Crippen LogP contribution in [-0.4, -0.2) is 28.7 Å². The Balaban J connectivity index is 2.10. The molecule has 0 saturated carbocycles. The third-order valence-electron chi connectivity index (χ3n) is 3.38. The van der Waals surface area contributed by atoms with Crippen LogP contribution in [0, 0.1) is 5.92 Å². The Labute approximate surface area is 116 Å². The molecule has 1 aliphatic rings. The number of ketones is 1. The molecule has 1 saturated heterocycles. The zero-order valence-corrected chi connectivity index (χ0v) is 12.5. The third-order valence-corrected chi connectivity index (χ3v) is 3.96. The fraction of sp³-hybridized carbons (Fsp3) is 0.692. The molecule has 0 amide bonds. The highest BCUT2D eigenvalue weighted by Gasteiger charge is 2.23. The van der Waals surface area contributed by atoms with Crippen LogP contribution in [0.15, 0.2) is 10.7 Å². The van der Waals surface area contributed by atoms with Gasteiger partial charge < -0.3 is 5.32 Å². The van der Waals surface area contributed by atoms with Crippen LogP contribution < -0.4 is 5.32 Å². The monoisotopic (exact) mass is 313 g/mol. The lowest BCUT2D eigenvalue weighted by Crippen LogP contribution is -2.31. The molecule has 0 spiro atoms. The number of aromatic nitrogens is 2. The second-order valence-electron chi connectivity index (χ2n) is 5.22. The summed E-state index contributed by atoms with van der Waals surface area (Å²) in [5.74, 6) is 0.662. The molecule has 1 N–H and O–H groups in total. The Bertz CT molecular complexity index is 422. The minimum Gasteiger partial charge on any atom is -0.316 e. The van der Waals surface area contributed by atoms with Crippen molar-refractivity contribution in [3.8, 4) is 0 Å². The number of nitrogens with zero attached hydrogens (tertiary/aromatic N) is 2. The van der Waals surface area contributed by atoms with Gasteiger partial charge in [0.25, 0.3) is 0 Å². The van der Waals surface area contributed by atoms with Gasteiger partial charge in [0, 0.05) is 12.5 Å². The maximum absolute atomic E-state index is 12.4. The highest BCUT2D eigenvalue weighted by Crippen LogP contribution is 2.24. The summed E-state index contributed by atoms with van der Waals surface area (Å²) >= 11 is 3.43. The van der Waals surface area contributed by atoms with Crippen molar-refractivity contribution < 1.29 is 4.79 Å². The first-order valence-electron chi connectivity index (χ1n) is 6.56. The van der Waals surface area contributed by atoms with Crippen molar-refractivity contribution >= 4 is 21.7 Å².